The quantitative estimate of drug-likeness (QED) is 0.873. The van der Waals surface area contributed by atoms with Crippen LogP contribution in [0.5, 0.6) is 0 Å². The highest BCUT2D eigenvalue weighted by Crippen LogP contribution is 2.41. The van der Waals surface area contributed by atoms with Crippen molar-refractivity contribution >= 4 is 17.8 Å². The molecule has 0 unspecified atom stereocenters. The van der Waals surface area contributed by atoms with Crippen molar-refractivity contribution in [2.45, 2.75) is 38.6 Å². The van der Waals surface area contributed by atoms with Gasteiger partial charge in [0.2, 0.25) is 5.91 Å². The van der Waals surface area contributed by atoms with Gasteiger partial charge in [0.05, 0.1) is 5.56 Å². The molecule has 130 valence electrons. The molecule has 0 bridgehead atoms. The van der Waals surface area contributed by atoms with Crippen LogP contribution in [-0.2, 0) is 9.59 Å². The van der Waals surface area contributed by atoms with Crippen molar-refractivity contribution in [1.29, 1.82) is 0 Å². The van der Waals surface area contributed by atoms with Crippen LogP contribution in [0, 0.1) is 5.41 Å². The summed E-state index contributed by atoms with van der Waals surface area (Å²) in [5.74, 6) is -1.03. The van der Waals surface area contributed by atoms with Gasteiger partial charge in [0.15, 0.2) is 0 Å². The first-order chi connectivity index (χ1) is 11.4. The molecule has 2 fully saturated rings. The van der Waals surface area contributed by atoms with E-state index in [1.807, 2.05) is 4.90 Å². The smallest absolute Gasteiger partial charge is 0.326 e. The second-order valence-corrected chi connectivity index (χ2v) is 6.93. The third kappa shape index (κ3) is 3.02. The van der Waals surface area contributed by atoms with Crippen LogP contribution in [0.25, 0.3) is 0 Å². The van der Waals surface area contributed by atoms with Gasteiger partial charge in [0.1, 0.15) is 6.04 Å². The summed E-state index contributed by atoms with van der Waals surface area (Å²) in [6.45, 7) is 3.33. The summed E-state index contributed by atoms with van der Waals surface area (Å²) >= 11 is 0. The second kappa shape index (κ2) is 6.30. The molecule has 3 rings (SSSR count). The first-order valence-electron chi connectivity index (χ1n) is 8.36. The molecule has 2 saturated heterocycles. The van der Waals surface area contributed by atoms with Crippen LogP contribution >= 0.6 is 0 Å². The lowest BCUT2D eigenvalue weighted by molar-refractivity contribution is -0.154. The molecule has 1 spiro atoms. The molecule has 1 aromatic rings. The van der Waals surface area contributed by atoms with Gasteiger partial charge in [-0.15, -0.1) is 0 Å². The van der Waals surface area contributed by atoms with E-state index in [9.17, 15) is 19.5 Å². The number of piperidine rings is 2. The summed E-state index contributed by atoms with van der Waals surface area (Å²) in [5, 5.41) is 9.21. The molecule has 7 nitrogen and oxygen atoms in total. The normalized spacial score (nSPS) is 21.8. The van der Waals surface area contributed by atoms with Crippen LogP contribution in [0.1, 0.15) is 43.0 Å². The zero-order chi connectivity index (χ0) is 17.3. The molecule has 3 heterocycles. The van der Waals surface area contributed by atoms with Gasteiger partial charge in [-0.05, 0) is 37.7 Å². The van der Waals surface area contributed by atoms with Gasteiger partial charge in [0.25, 0.3) is 5.91 Å². The Morgan fingerprint density at radius 1 is 1.29 bits per heavy atom. The van der Waals surface area contributed by atoms with Gasteiger partial charge in [-0.2, -0.15) is 0 Å². The van der Waals surface area contributed by atoms with E-state index in [4.69, 9.17) is 0 Å². The number of aliphatic carboxylic acids is 1. The maximum absolute atomic E-state index is 12.4. The van der Waals surface area contributed by atoms with Gasteiger partial charge in [-0.25, -0.2) is 4.79 Å². The number of carbonyl (C=O) groups excluding carboxylic acids is 2. The number of H-pyrrole nitrogens is 1. The topological polar surface area (TPSA) is 93.7 Å². The lowest BCUT2D eigenvalue weighted by atomic mass is 9.72. The summed E-state index contributed by atoms with van der Waals surface area (Å²) in [6, 6.07) is 0.969. The van der Waals surface area contributed by atoms with E-state index in [-0.39, 0.29) is 17.2 Å². The number of carboxylic acid groups (broad SMARTS) is 1. The number of hydrogen-bond donors (Lipinski definition) is 2. The molecule has 2 aliphatic heterocycles. The van der Waals surface area contributed by atoms with Crippen molar-refractivity contribution < 1.29 is 19.5 Å². The maximum atomic E-state index is 12.4. The van der Waals surface area contributed by atoms with E-state index >= 15 is 0 Å². The molecule has 1 aromatic heterocycles. The zero-order valence-corrected chi connectivity index (χ0v) is 13.8. The Morgan fingerprint density at radius 2 is 2.00 bits per heavy atom. The Hall–Kier alpha value is -2.31. The molecule has 2 aliphatic rings. The third-order valence-electron chi connectivity index (χ3n) is 5.48. The number of aromatic nitrogens is 1. The van der Waals surface area contributed by atoms with Crippen molar-refractivity contribution in [3.05, 3.63) is 24.0 Å². The molecular formula is C17H23N3O4. The Kier molecular flexibility index (Phi) is 4.34. The number of carbonyl (C=O) groups is 3. The van der Waals surface area contributed by atoms with E-state index in [0.717, 1.165) is 19.3 Å². The molecule has 2 N–H and O–H groups in total. The summed E-state index contributed by atoms with van der Waals surface area (Å²) in [4.78, 5) is 42.0. The van der Waals surface area contributed by atoms with Gasteiger partial charge in [-0.1, -0.05) is 0 Å². The predicted molar refractivity (Wildman–Crippen MR) is 86.4 cm³/mol. The van der Waals surface area contributed by atoms with Crippen molar-refractivity contribution in [2.75, 3.05) is 19.6 Å². The van der Waals surface area contributed by atoms with Crippen LogP contribution in [0.2, 0.25) is 0 Å². The largest absolute Gasteiger partial charge is 0.480 e. The highest BCUT2D eigenvalue weighted by atomic mass is 16.4. The number of hydrogen-bond acceptors (Lipinski definition) is 3. The van der Waals surface area contributed by atoms with E-state index in [1.54, 1.807) is 25.4 Å². The average Bonchev–Trinajstić information content (AvgIpc) is 3.11. The second-order valence-electron chi connectivity index (χ2n) is 6.93. The number of rotatable bonds is 3. The maximum Gasteiger partial charge on any atom is 0.326 e. The fourth-order valence-corrected chi connectivity index (χ4v) is 3.76. The summed E-state index contributed by atoms with van der Waals surface area (Å²) < 4.78 is 0. The van der Waals surface area contributed by atoms with E-state index in [1.165, 1.54) is 4.90 Å². The van der Waals surface area contributed by atoms with E-state index in [0.29, 0.717) is 31.6 Å². The standard InChI is InChI=1S/C17H23N3O4/c1-12(16(23)24)20-11-17(4-2-14(20)21)5-8-19(9-6-17)15(22)13-3-7-18-10-13/h3,7,10,12,18H,2,4-6,8-9,11H2,1H3,(H,23,24)/t12-/m1/s1. The summed E-state index contributed by atoms with van der Waals surface area (Å²) in [6.07, 6.45) is 6.21. The molecule has 0 radical (unpaired) electrons. The molecule has 2 amide bonds. The zero-order valence-electron chi connectivity index (χ0n) is 13.8. The molecule has 24 heavy (non-hydrogen) atoms. The van der Waals surface area contributed by atoms with E-state index in [2.05, 4.69) is 4.98 Å². The van der Waals surface area contributed by atoms with Gasteiger partial charge in [0, 0.05) is 38.4 Å². The number of carboxylic acids is 1. The first kappa shape index (κ1) is 16.5. The minimum Gasteiger partial charge on any atom is -0.480 e. The average molecular weight is 333 g/mol. The van der Waals surface area contributed by atoms with Crippen molar-refractivity contribution in [1.82, 2.24) is 14.8 Å². The van der Waals surface area contributed by atoms with Crippen molar-refractivity contribution in [3.63, 3.8) is 0 Å². The number of aromatic amines is 1. The SMILES string of the molecule is C[C@H](C(=O)O)N1CC2(CCC1=O)CCN(C(=O)c1cc[nH]c1)CC2. The number of likely N-dealkylation sites (tertiary alicyclic amines) is 2. The van der Waals surface area contributed by atoms with Crippen LogP contribution in [0.4, 0.5) is 0 Å². The van der Waals surface area contributed by atoms with Crippen LogP contribution < -0.4 is 0 Å². The molecule has 0 aromatic carbocycles. The highest BCUT2D eigenvalue weighted by Gasteiger charge is 2.43. The molecule has 0 saturated carbocycles. The van der Waals surface area contributed by atoms with Crippen molar-refractivity contribution in [3.8, 4) is 0 Å². The lowest BCUT2D eigenvalue weighted by Gasteiger charge is -2.48. The fraction of sp³-hybridized carbons (Fsp3) is 0.588. The Morgan fingerprint density at radius 3 is 2.58 bits per heavy atom. The lowest BCUT2D eigenvalue weighted by Crippen LogP contribution is -2.55. The highest BCUT2D eigenvalue weighted by molar-refractivity contribution is 5.94. The first-order valence-corrected chi connectivity index (χ1v) is 8.36. The fourth-order valence-electron chi connectivity index (χ4n) is 3.76. The minimum absolute atomic E-state index is 0.0220. The summed E-state index contributed by atoms with van der Waals surface area (Å²) in [7, 11) is 0. The minimum atomic E-state index is -0.972. The molecule has 7 heteroatoms. The van der Waals surface area contributed by atoms with Crippen LogP contribution in [0.15, 0.2) is 18.5 Å². The number of amides is 2. The van der Waals surface area contributed by atoms with Gasteiger partial charge < -0.3 is 19.9 Å². The molecular weight excluding hydrogens is 310 g/mol. The number of nitrogens with zero attached hydrogens (tertiary/aromatic N) is 2. The van der Waals surface area contributed by atoms with Gasteiger partial charge in [-0.3, -0.25) is 9.59 Å². The monoisotopic (exact) mass is 333 g/mol. The van der Waals surface area contributed by atoms with Gasteiger partial charge >= 0.3 is 5.97 Å². The molecule has 1 atom stereocenters. The third-order valence-corrected chi connectivity index (χ3v) is 5.48. The Balaban J connectivity index is 1.65. The Labute approximate surface area is 140 Å². The van der Waals surface area contributed by atoms with E-state index < -0.39 is 12.0 Å². The number of nitrogens with one attached hydrogen (secondary N) is 1. The van der Waals surface area contributed by atoms with Crippen LogP contribution in [0.3, 0.4) is 0 Å². The predicted octanol–water partition coefficient (Wildman–Crippen LogP) is 1.33. The Bertz CT molecular complexity index is 632. The summed E-state index contributed by atoms with van der Waals surface area (Å²) in [5.41, 5.74) is 0.595. The van der Waals surface area contributed by atoms with Crippen LogP contribution in [-0.4, -0.2) is 63.4 Å². The molecule has 0 aliphatic carbocycles. The van der Waals surface area contributed by atoms with Crippen molar-refractivity contribution in [2.24, 2.45) is 5.41 Å².